The maximum atomic E-state index is 6.08. The molecule has 0 atom stereocenters. The molecule has 2 aromatic rings. The van der Waals surface area contributed by atoms with Gasteiger partial charge in [-0.1, -0.05) is 12.1 Å². The molecule has 1 aromatic carbocycles. The molecule has 2 heterocycles. The van der Waals surface area contributed by atoms with Crippen LogP contribution in [0.5, 0.6) is 5.75 Å². The van der Waals surface area contributed by atoms with Gasteiger partial charge in [0.15, 0.2) is 5.82 Å². The summed E-state index contributed by atoms with van der Waals surface area (Å²) < 4.78 is 5.64. The zero-order chi connectivity index (χ0) is 14.7. The van der Waals surface area contributed by atoms with Gasteiger partial charge < -0.3 is 9.64 Å². The second-order valence-corrected chi connectivity index (χ2v) is 5.19. The molecular formula is C15H17ClN4O. The predicted molar refractivity (Wildman–Crippen MR) is 82.9 cm³/mol. The molecule has 1 aliphatic heterocycles. The van der Waals surface area contributed by atoms with Gasteiger partial charge in [0.2, 0.25) is 11.2 Å². The van der Waals surface area contributed by atoms with Crippen LogP contribution in [-0.2, 0) is 0 Å². The Morgan fingerprint density at radius 3 is 2.67 bits per heavy atom. The summed E-state index contributed by atoms with van der Waals surface area (Å²) in [5, 5.41) is 0.216. The van der Waals surface area contributed by atoms with Crippen molar-refractivity contribution in [2.45, 2.75) is 19.8 Å². The largest absolute Gasteiger partial charge is 0.493 e. The summed E-state index contributed by atoms with van der Waals surface area (Å²) in [5.41, 5.74) is 0.837. The van der Waals surface area contributed by atoms with Crippen molar-refractivity contribution in [2.24, 2.45) is 0 Å². The van der Waals surface area contributed by atoms with Gasteiger partial charge in [0, 0.05) is 13.1 Å². The van der Waals surface area contributed by atoms with Crippen LogP contribution < -0.4 is 9.64 Å². The molecular weight excluding hydrogens is 288 g/mol. The van der Waals surface area contributed by atoms with Crippen molar-refractivity contribution in [1.82, 2.24) is 15.0 Å². The first-order valence-electron chi connectivity index (χ1n) is 7.16. The second kappa shape index (κ2) is 6.26. The maximum Gasteiger partial charge on any atom is 0.230 e. The molecule has 0 spiro atoms. The lowest BCUT2D eigenvalue weighted by atomic mass is 10.2. The zero-order valence-electron chi connectivity index (χ0n) is 11.9. The Morgan fingerprint density at radius 2 is 1.90 bits per heavy atom. The van der Waals surface area contributed by atoms with Crippen LogP contribution in [0.1, 0.15) is 19.8 Å². The van der Waals surface area contributed by atoms with Gasteiger partial charge in [-0.15, -0.1) is 0 Å². The van der Waals surface area contributed by atoms with Gasteiger partial charge in [-0.3, -0.25) is 0 Å². The molecule has 0 N–H and O–H groups in total. The third-order valence-corrected chi connectivity index (χ3v) is 3.58. The lowest BCUT2D eigenvalue weighted by Gasteiger charge is -2.16. The van der Waals surface area contributed by atoms with E-state index in [1.54, 1.807) is 0 Å². The fourth-order valence-corrected chi connectivity index (χ4v) is 2.61. The first kappa shape index (κ1) is 14.1. The van der Waals surface area contributed by atoms with E-state index in [2.05, 4.69) is 19.9 Å². The molecule has 0 bridgehead atoms. The minimum atomic E-state index is 0.216. The van der Waals surface area contributed by atoms with E-state index in [9.17, 15) is 0 Å². The number of rotatable bonds is 4. The average Bonchev–Trinajstić information content (AvgIpc) is 3.02. The van der Waals surface area contributed by atoms with E-state index in [1.165, 1.54) is 0 Å². The number of nitrogens with zero attached hydrogens (tertiary/aromatic N) is 4. The molecule has 5 nitrogen and oxygen atoms in total. The molecule has 1 saturated heterocycles. The van der Waals surface area contributed by atoms with Gasteiger partial charge in [-0.25, -0.2) is 0 Å². The molecule has 0 saturated carbocycles. The summed E-state index contributed by atoms with van der Waals surface area (Å²) in [6, 6.07) is 7.71. The third kappa shape index (κ3) is 3.08. The normalized spacial score (nSPS) is 14.5. The Bertz CT molecular complexity index is 629. The van der Waals surface area contributed by atoms with Crippen LogP contribution in [0.4, 0.5) is 5.95 Å². The van der Waals surface area contributed by atoms with Crippen LogP contribution in [0, 0.1) is 0 Å². The van der Waals surface area contributed by atoms with Crippen LogP contribution in [0.15, 0.2) is 24.3 Å². The summed E-state index contributed by atoms with van der Waals surface area (Å²) in [7, 11) is 0. The fourth-order valence-electron chi connectivity index (χ4n) is 2.45. The highest BCUT2D eigenvalue weighted by atomic mass is 35.5. The van der Waals surface area contributed by atoms with Crippen LogP contribution >= 0.6 is 11.6 Å². The van der Waals surface area contributed by atoms with Crippen molar-refractivity contribution < 1.29 is 4.74 Å². The predicted octanol–water partition coefficient (Wildman–Crippen LogP) is 3.19. The Kier molecular flexibility index (Phi) is 4.20. The highest BCUT2D eigenvalue weighted by Gasteiger charge is 2.18. The van der Waals surface area contributed by atoms with Gasteiger partial charge >= 0.3 is 0 Å². The van der Waals surface area contributed by atoms with E-state index in [1.807, 2.05) is 31.2 Å². The van der Waals surface area contributed by atoms with Gasteiger partial charge in [-0.05, 0) is 43.5 Å². The third-order valence-electron chi connectivity index (χ3n) is 3.41. The molecule has 110 valence electrons. The molecule has 0 radical (unpaired) electrons. The summed E-state index contributed by atoms with van der Waals surface area (Å²) >= 11 is 6.08. The number of halogens is 1. The lowest BCUT2D eigenvalue weighted by Crippen LogP contribution is -2.21. The average molecular weight is 305 g/mol. The molecule has 1 aliphatic rings. The second-order valence-electron chi connectivity index (χ2n) is 4.85. The van der Waals surface area contributed by atoms with E-state index in [-0.39, 0.29) is 5.28 Å². The molecule has 0 amide bonds. The van der Waals surface area contributed by atoms with Crippen LogP contribution in [0.2, 0.25) is 5.28 Å². The highest BCUT2D eigenvalue weighted by Crippen LogP contribution is 2.29. The van der Waals surface area contributed by atoms with Crippen LogP contribution in [0.3, 0.4) is 0 Å². The number of anilines is 1. The number of hydrogen-bond donors (Lipinski definition) is 0. The summed E-state index contributed by atoms with van der Waals surface area (Å²) in [6.07, 6.45) is 2.32. The first-order chi connectivity index (χ1) is 10.3. The Balaban J connectivity index is 2.02. The first-order valence-corrected chi connectivity index (χ1v) is 7.54. The van der Waals surface area contributed by atoms with E-state index < -0.39 is 0 Å². The van der Waals surface area contributed by atoms with Gasteiger partial charge in [0.1, 0.15) is 5.75 Å². The standard InChI is InChI=1S/C15H17ClN4O/c1-2-21-12-8-4-3-7-11(12)13-17-14(16)19-15(18-13)20-9-5-6-10-20/h3-4,7-8H,2,5-6,9-10H2,1H3. The number of hydrogen-bond acceptors (Lipinski definition) is 5. The molecule has 1 aromatic heterocycles. The van der Waals surface area contributed by atoms with E-state index in [0.717, 1.165) is 37.2 Å². The van der Waals surface area contributed by atoms with Crippen LogP contribution in [0.25, 0.3) is 11.4 Å². The van der Waals surface area contributed by atoms with E-state index in [4.69, 9.17) is 16.3 Å². The molecule has 6 heteroatoms. The number of aromatic nitrogens is 3. The maximum absolute atomic E-state index is 6.08. The van der Waals surface area contributed by atoms with Crippen molar-refractivity contribution in [3.63, 3.8) is 0 Å². The smallest absolute Gasteiger partial charge is 0.230 e. The van der Waals surface area contributed by atoms with Gasteiger partial charge in [0.05, 0.1) is 12.2 Å². The van der Waals surface area contributed by atoms with Gasteiger partial charge in [-0.2, -0.15) is 15.0 Å². The van der Waals surface area contributed by atoms with E-state index >= 15 is 0 Å². The quantitative estimate of drug-likeness (QED) is 0.868. The molecule has 1 fully saturated rings. The van der Waals surface area contributed by atoms with Crippen molar-refractivity contribution in [3.8, 4) is 17.1 Å². The number of para-hydroxylation sites is 1. The Morgan fingerprint density at radius 1 is 1.14 bits per heavy atom. The summed E-state index contributed by atoms with van der Waals surface area (Å²) in [5.74, 6) is 1.96. The van der Waals surface area contributed by atoms with Crippen molar-refractivity contribution in [3.05, 3.63) is 29.5 Å². The number of benzene rings is 1. The molecule has 21 heavy (non-hydrogen) atoms. The van der Waals surface area contributed by atoms with E-state index in [0.29, 0.717) is 18.4 Å². The monoisotopic (exact) mass is 304 g/mol. The van der Waals surface area contributed by atoms with Crippen molar-refractivity contribution in [2.75, 3.05) is 24.6 Å². The minimum Gasteiger partial charge on any atom is -0.493 e. The lowest BCUT2D eigenvalue weighted by molar-refractivity contribution is 0.341. The van der Waals surface area contributed by atoms with Crippen molar-refractivity contribution >= 4 is 17.5 Å². The molecule has 0 unspecified atom stereocenters. The molecule has 3 rings (SSSR count). The number of ether oxygens (including phenoxy) is 1. The fraction of sp³-hybridized carbons (Fsp3) is 0.400. The summed E-state index contributed by atoms with van der Waals surface area (Å²) in [6.45, 7) is 4.47. The van der Waals surface area contributed by atoms with Crippen LogP contribution in [-0.4, -0.2) is 34.6 Å². The Hall–Kier alpha value is -1.88. The van der Waals surface area contributed by atoms with Crippen molar-refractivity contribution in [1.29, 1.82) is 0 Å². The SMILES string of the molecule is CCOc1ccccc1-c1nc(Cl)nc(N2CCCC2)n1. The minimum absolute atomic E-state index is 0.216. The zero-order valence-corrected chi connectivity index (χ0v) is 12.7. The summed E-state index contributed by atoms with van der Waals surface area (Å²) in [4.78, 5) is 15.2. The highest BCUT2D eigenvalue weighted by molar-refractivity contribution is 6.28. The van der Waals surface area contributed by atoms with Gasteiger partial charge in [0.25, 0.3) is 0 Å². The topological polar surface area (TPSA) is 51.1 Å². The molecule has 0 aliphatic carbocycles. The Labute approximate surface area is 129 Å².